The maximum absolute atomic E-state index is 5.33. The van der Waals surface area contributed by atoms with E-state index in [1.54, 1.807) is 11.3 Å². The Hall–Kier alpha value is -0.450. The molecule has 1 aromatic heterocycles. The molecule has 0 bridgehead atoms. The molecule has 0 aromatic carbocycles. The van der Waals surface area contributed by atoms with E-state index in [2.05, 4.69) is 15.7 Å². The molecule has 1 N–H and O–H groups in total. The first-order chi connectivity index (χ1) is 6.40. The number of rotatable bonds is 3. The van der Waals surface area contributed by atoms with Gasteiger partial charge in [-0.05, 0) is 13.5 Å². The molecule has 0 aliphatic carbocycles. The Morgan fingerprint density at radius 3 is 3.38 bits per heavy atom. The highest BCUT2D eigenvalue weighted by Crippen LogP contribution is 2.26. The molecule has 1 saturated heterocycles. The Morgan fingerprint density at radius 1 is 1.77 bits per heavy atom. The van der Waals surface area contributed by atoms with E-state index in [0.29, 0.717) is 5.92 Å². The van der Waals surface area contributed by atoms with Gasteiger partial charge in [-0.25, -0.2) is 4.98 Å². The van der Waals surface area contributed by atoms with Crippen LogP contribution in [0.3, 0.4) is 0 Å². The number of ether oxygens (including phenoxy) is 1. The van der Waals surface area contributed by atoms with Crippen LogP contribution in [0.25, 0.3) is 0 Å². The number of nitrogens with zero attached hydrogens (tertiary/aromatic N) is 1. The molecule has 0 amide bonds. The molecule has 2 rings (SSSR count). The molecule has 1 aliphatic heterocycles. The van der Waals surface area contributed by atoms with E-state index in [1.807, 2.05) is 7.05 Å². The monoisotopic (exact) mass is 198 g/mol. The third-order valence-electron chi connectivity index (χ3n) is 2.25. The molecule has 3 nitrogen and oxygen atoms in total. The predicted octanol–water partition coefficient (Wildman–Crippen LogP) is 1.37. The number of thiazole rings is 1. The Balaban J connectivity index is 2.03. The van der Waals surface area contributed by atoms with Gasteiger partial charge >= 0.3 is 0 Å². The molecular formula is C9H14N2OS. The highest BCUT2D eigenvalue weighted by molar-refractivity contribution is 7.09. The minimum atomic E-state index is 0.543. The van der Waals surface area contributed by atoms with Gasteiger partial charge in [-0.15, -0.1) is 11.3 Å². The van der Waals surface area contributed by atoms with Crippen molar-refractivity contribution in [2.24, 2.45) is 0 Å². The Labute approximate surface area is 82.1 Å². The lowest BCUT2D eigenvalue weighted by Crippen LogP contribution is -2.05. The highest BCUT2D eigenvalue weighted by atomic mass is 32.1. The molecule has 1 atom stereocenters. The van der Waals surface area contributed by atoms with Crippen molar-refractivity contribution in [1.29, 1.82) is 0 Å². The molecular weight excluding hydrogens is 184 g/mol. The van der Waals surface area contributed by atoms with Gasteiger partial charge in [0.05, 0.1) is 12.3 Å². The first-order valence-electron chi connectivity index (χ1n) is 4.57. The average Bonchev–Trinajstić information content (AvgIpc) is 2.70. The molecule has 1 aromatic rings. The summed E-state index contributed by atoms with van der Waals surface area (Å²) in [5, 5.41) is 6.43. The fourth-order valence-corrected chi connectivity index (χ4v) is 2.40. The third-order valence-corrected chi connectivity index (χ3v) is 3.11. The van der Waals surface area contributed by atoms with Gasteiger partial charge in [0.15, 0.2) is 0 Å². The molecule has 1 fully saturated rings. The second kappa shape index (κ2) is 4.17. The van der Waals surface area contributed by atoms with Crippen molar-refractivity contribution in [1.82, 2.24) is 10.3 Å². The number of hydrogen-bond acceptors (Lipinski definition) is 4. The summed E-state index contributed by atoms with van der Waals surface area (Å²) >= 11 is 1.73. The van der Waals surface area contributed by atoms with Crippen LogP contribution >= 0.6 is 11.3 Å². The summed E-state index contributed by atoms with van der Waals surface area (Å²) in [5.74, 6) is 0.543. The van der Waals surface area contributed by atoms with E-state index in [4.69, 9.17) is 4.74 Å². The van der Waals surface area contributed by atoms with E-state index in [-0.39, 0.29) is 0 Å². The van der Waals surface area contributed by atoms with E-state index < -0.39 is 0 Å². The van der Waals surface area contributed by atoms with Crippen LogP contribution in [0.4, 0.5) is 0 Å². The second-order valence-electron chi connectivity index (χ2n) is 3.26. The summed E-state index contributed by atoms with van der Waals surface area (Å²) in [4.78, 5) is 4.56. The summed E-state index contributed by atoms with van der Waals surface area (Å²) < 4.78 is 5.33. The SMILES string of the molecule is CNCc1nc(C2CCOC2)cs1. The highest BCUT2D eigenvalue weighted by Gasteiger charge is 2.19. The van der Waals surface area contributed by atoms with Gasteiger partial charge in [0.1, 0.15) is 5.01 Å². The smallest absolute Gasteiger partial charge is 0.107 e. The normalized spacial score (nSPS) is 22.4. The minimum Gasteiger partial charge on any atom is -0.381 e. The average molecular weight is 198 g/mol. The Bertz CT molecular complexity index is 268. The van der Waals surface area contributed by atoms with Crippen LogP contribution in [0.15, 0.2) is 5.38 Å². The molecule has 1 aliphatic rings. The largest absolute Gasteiger partial charge is 0.381 e. The van der Waals surface area contributed by atoms with Gasteiger partial charge in [0.25, 0.3) is 0 Å². The van der Waals surface area contributed by atoms with Crippen LogP contribution in [0, 0.1) is 0 Å². The van der Waals surface area contributed by atoms with Crippen LogP contribution in [-0.4, -0.2) is 25.2 Å². The van der Waals surface area contributed by atoms with Crippen LogP contribution in [0.1, 0.15) is 23.0 Å². The van der Waals surface area contributed by atoms with Crippen molar-refractivity contribution in [3.63, 3.8) is 0 Å². The first kappa shape index (κ1) is 9.12. The van der Waals surface area contributed by atoms with E-state index in [9.17, 15) is 0 Å². The molecule has 72 valence electrons. The fourth-order valence-electron chi connectivity index (χ4n) is 1.51. The van der Waals surface area contributed by atoms with Gasteiger partial charge in [-0.2, -0.15) is 0 Å². The zero-order valence-corrected chi connectivity index (χ0v) is 8.56. The molecule has 2 heterocycles. The fraction of sp³-hybridized carbons (Fsp3) is 0.667. The maximum atomic E-state index is 5.33. The van der Waals surface area contributed by atoms with Gasteiger partial charge in [0.2, 0.25) is 0 Å². The standard InChI is InChI=1S/C9H14N2OS/c1-10-4-9-11-8(6-13-9)7-2-3-12-5-7/h6-7,10H,2-5H2,1H3. The van der Waals surface area contributed by atoms with Crippen LogP contribution in [0.5, 0.6) is 0 Å². The topological polar surface area (TPSA) is 34.2 Å². The molecule has 0 spiro atoms. The van der Waals surface area contributed by atoms with E-state index in [0.717, 1.165) is 26.2 Å². The van der Waals surface area contributed by atoms with Gasteiger partial charge in [-0.3, -0.25) is 0 Å². The molecule has 4 heteroatoms. The van der Waals surface area contributed by atoms with E-state index in [1.165, 1.54) is 10.7 Å². The van der Waals surface area contributed by atoms with Crippen molar-refractivity contribution < 1.29 is 4.74 Å². The second-order valence-corrected chi connectivity index (χ2v) is 4.20. The summed E-state index contributed by atoms with van der Waals surface area (Å²) in [6.45, 7) is 2.62. The lowest BCUT2D eigenvalue weighted by atomic mass is 10.1. The lowest BCUT2D eigenvalue weighted by Gasteiger charge is -2.01. The number of nitrogens with one attached hydrogen (secondary N) is 1. The van der Waals surface area contributed by atoms with Crippen LogP contribution < -0.4 is 5.32 Å². The third kappa shape index (κ3) is 2.07. The van der Waals surface area contributed by atoms with Crippen molar-refractivity contribution in [3.05, 3.63) is 16.1 Å². The Kier molecular flexibility index (Phi) is 2.93. The minimum absolute atomic E-state index is 0.543. The first-order valence-corrected chi connectivity index (χ1v) is 5.44. The zero-order valence-electron chi connectivity index (χ0n) is 7.75. The summed E-state index contributed by atoms with van der Waals surface area (Å²) in [6.07, 6.45) is 1.13. The Morgan fingerprint density at radius 2 is 2.69 bits per heavy atom. The predicted molar refractivity (Wildman–Crippen MR) is 53.1 cm³/mol. The van der Waals surface area contributed by atoms with Crippen LogP contribution in [-0.2, 0) is 11.3 Å². The quantitative estimate of drug-likeness (QED) is 0.796. The zero-order chi connectivity index (χ0) is 9.10. The number of hydrogen-bond donors (Lipinski definition) is 1. The van der Waals surface area contributed by atoms with Crippen molar-refractivity contribution in [2.45, 2.75) is 18.9 Å². The van der Waals surface area contributed by atoms with Gasteiger partial charge < -0.3 is 10.1 Å². The van der Waals surface area contributed by atoms with Crippen molar-refractivity contribution in [3.8, 4) is 0 Å². The van der Waals surface area contributed by atoms with Crippen LogP contribution in [0.2, 0.25) is 0 Å². The molecule has 0 saturated carbocycles. The number of aromatic nitrogens is 1. The summed E-state index contributed by atoms with van der Waals surface area (Å²) in [7, 11) is 1.94. The molecule has 0 radical (unpaired) electrons. The molecule has 1 unspecified atom stereocenters. The summed E-state index contributed by atoms with van der Waals surface area (Å²) in [5.41, 5.74) is 1.22. The lowest BCUT2D eigenvalue weighted by molar-refractivity contribution is 0.193. The van der Waals surface area contributed by atoms with Crippen molar-refractivity contribution >= 4 is 11.3 Å². The van der Waals surface area contributed by atoms with Crippen molar-refractivity contribution in [2.75, 3.05) is 20.3 Å². The summed E-state index contributed by atoms with van der Waals surface area (Å²) in [6, 6.07) is 0. The molecule has 13 heavy (non-hydrogen) atoms. The maximum Gasteiger partial charge on any atom is 0.107 e. The van der Waals surface area contributed by atoms with Gasteiger partial charge in [-0.1, -0.05) is 0 Å². The van der Waals surface area contributed by atoms with Gasteiger partial charge in [0, 0.05) is 24.4 Å². The van der Waals surface area contributed by atoms with E-state index >= 15 is 0 Å².